The number of amides is 1. The number of nitrogens with one attached hydrogen (secondary N) is 1. The van der Waals surface area contributed by atoms with E-state index in [1.54, 1.807) is 19.2 Å². The Labute approximate surface area is 128 Å². The Bertz CT molecular complexity index is 852. The Balaban J connectivity index is 2.03. The number of anilines is 1. The molecule has 0 saturated heterocycles. The Kier molecular flexibility index (Phi) is 3.55. The third-order valence-corrected chi connectivity index (χ3v) is 3.59. The number of pyridine rings is 1. The molecule has 0 spiro atoms. The maximum absolute atomic E-state index is 12.7. The van der Waals surface area contributed by atoms with Crippen LogP contribution in [0, 0.1) is 13.8 Å². The number of hydrogen-bond acceptors (Lipinski definition) is 3. The molecule has 1 aromatic carbocycles. The number of aryl methyl sites for hydroxylation is 2. The summed E-state index contributed by atoms with van der Waals surface area (Å²) in [5, 5.41) is 2.89. The fraction of sp³-hybridized carbons (Fsp3) is 0.176. The van der Waals surface area contributed by atoms with E-state index in [0.717, 1.165) is 11.2 Å². The number of ether oxygens (including phenoxy) is 1. The molecule has 2 heterocycles. The molecule has 3 aromatic rings. The molecule has 0 aliphatic carbocycles. The highest BCUT2D eigenvalue weighted by molar-refractivity contribution is 6.05. The van der Waals surface area contributed by atoms with E-state index in [1.807, 2.05) is 48.7 Å². The molecule has 2 aromatic heterocycles. The molecule has 0 saturated carbocycles. The van der Waals surface area contributed by atoms with Gasteiger partial charge in [0.2, 0.25) is 0 Å². The van der Waals surface area contributed by atoms with E-state index in [2.05, 4.69) is 10.3 Å². The number of para-hydroxylation sites is 2. The average Bonchev–Trinajstić information content (AvgIpc) is 2.85. The van der Waals surface area contributed by atoms with Gasteiger partial charge in [0.25, 0.3) is 5.91 Å². The van der Waals surface area contributed by atoms with Crippen LogP contribution in [-0.4, -0.2) is 22.4 Å². The second-order valence-electron chi connectivity index (χ2n) is 5.09. The maximum Gasteiger partial charge on any atom is 0.274 e. The van der Waals surface area contributed by atoms with Crippen LogP contribution >= 0.6 is 0 Å². The summed E-state index contributed by atoms with van der Waals surface area (Å²) in [7, 11) is 1.58. The fourth-order valence-electron chi connectivity index (χ4n) is 2.52. The number of carbonyl (C=O) groups is 1. The van der Waals surface area contributed by atoms with Crippen LogP contribution in [0.3, 0.4) is 0 Å². The molecule has 22 heavy (non-hydrogen) atoms. The van der Waals surface area contributed by atoms with Crippen molar-refractivity contribution in [1.82, 2.24) is 9.38 Å². The Morgan fingerprint density at radius 1 is 1.18 bits per heavy atom. The normalized spacial score (nSPS) is 10.7. The van der Waals surface area contributed by atoms with Crippen LogP contribution < -0.4 is 10.1 Å². The number of carbonyl (C=O) groups excluding carboxylic acids is 1. The number of fused-ring (bicyclic) bond motifs is 1. The molecule has 0 bridgehead atoms. The molecule has 0 atom stereocenters. The van der Waals surface area contributed by atoms with E-state index < -0.39 is 0 Å². The number of aromatic nitrogens is 2. The summed E-state index contributed by atoms with van der Waals surface area (Å²) in [5.41, 5.74) is 3.69. The zero-order chi connectivity index (χ0) is 15.7. The van der Waals surface area contributed by atoms with Gasteiger partial charge >= 0.3 is 0 Å². The maximum atomic E-state index is 12.7. The predicted molar refractivity (Wildman–Crippen MR) is 85.6 cm³/mol. The quantitative estimate of drug-likeness (QED) is 0.807. The van der Waals surface area contributed by atoms with Gasteiger partial charge in [-0.15, -0.1) is 0 Å². The lowest BCUT2D eigenvalue weighted by atomic mass is 10.2. The molecule has 0 aliphatic rings. The van der Waals surface area contributed by atoms with Crippen molar-refractivity contribution in [1.29, 1.82) is 0 Å². The van der Waals surface area contributed by atoms with Gasteiger partial charge in [-0.1, -0.05) is 18.2 Å². The predicted octanol–water partition coefficient (Wildman–Crippen LogP) is 3.21. The van der Waals surface area contributed by atoms with Gasteiger partial charge < -0.3 is 10.1 Å². The largest absolute Gasteiger partial charge is 0.495 e. The third-order valence-electron chi connectivity index (χ3n) is 3.59. The highest BCUT2D eigenvalue weighted by atomic mass is 16.5. The molecule has 3 rings (SSSR count). The van der Waals surface area contributed by atoms with Crippen LogP contribution in [-0.2, 0) is 0 Å². The Hall–Kier alpha value is -2.82. The number of imidazole rings is 1. The van der Waals surface area contributed by atoms with Crippen molar-refractivity contribution in [2.75, 3.05) is 12.4 Å². The topological polar surface area (TPSA) is 55.6 Å². The Morgan fingerprint density at radius 3 is 2.73 bits per heavy atom. The van der Waals surface area contributed by atoms with Crippen molar-refractivity contribution in [3.05, 3.63) is 59.5 Å². The van der Waals surface area contributed by atoms with E-state index >= 15 is 0 Å². The molecule has 0 aliphatic heterocycles. The molecule has 5 heteroatoms. The van der Waals surface area contributed by atoms with E-state index in [4.69, 9.17) is 4.74 Å². The van der Waals surface area contributed by atoms with Gasteiger partial charge in [0, 0.05) is 6.20 Å². The molecule has 0 unspecified atom stereocenters. The summed E-state index contributed by atoms with van der Waals surface area (Å²) in [4.78, 5) is 17.2. The van der Waals surface area contributed by atoms with Crippen LogP contribution in [0.5, 0.6) is 5.75 Å². The van der Waals surface area contributed by atoms with Gasteiger partial charge in [-0.05, 0) is 37.6 Å². The first-order valence-electron chi connectivity index (χ1n) is 7.00. The molecular formula is C17H17N3O2. The molecular weight excluding hydrogens is 278 g/mol. The second kappa shape index (κ2) is 5.52. The minimum Gasteiger partial charge on any atom is -0.495 e. The lowest BCUT2D eigenvalue weighted by Gasteiger charge is -2.10. The lowest BCUT2D eigenvalue weighted by molar-refractivity contribution is 0.102. The molecule has 1 amide bonds. The van der Waals surface area contributed by atoms with Crippen molar-refractivity contribution in [2.45, 2.75) is 13.8 Å². The number of benzene rings is 1. The van der Waals surface area contributed by atoms with Gasteiger partial charge in [0.15, 0.2) is 0 Å². The van der Waals surface area contributed by atoms with Crippen LogP contribution in [0.15, 0.2) is 42.6 Å². The minimum atomic E-state index is -0.208. The van der Waals surface area contributed by atoms with E-state index in [0.29, 0.717) is 22.8 Å². The first kappa shape index (κ1) is 14.1. The van der Waals surface area contributed by atoms with Crippen molar-refractivity contribution in [3.8, 4) is 5.75 Å². The Morgan fingerprint density at radius 2 is 1.95 bits per heavy atom. The van der Waals surface area contributed by atoms with Gasteiger partial charge in [-0.2, -0.15) is 0 Å². The summed E-state index contributed by atoms with van der Waals surface area (Å²) in [6.07, 6.45) is 1.85. The third kappa shape index (κ3) is 2.30. The second-order valence-corrected chi connectivity index (χ2v) is 5.09. The van der Waals surface area contributed by atoms with Crippen LogP contribution in [0.1, 0.15) is 21.7 Å². The van der Waals surface area contributed by atoms with Crippen molar-refractivity contribution in [2.24, 2.45) is 0 Å². The number of rotatable bonds is 3. The van der Waals surface area contributed by atoms with Crippen LogP contribution in [0.2, 0.25) is 0 Å². The summed E-state index contributed by atoms with van der Waals surface area (Å²) >= 11 is 0. The summed E-state index contributed by atoms with van der Waals surface area (Å²) in [5.74, 6) is 0.415. The summed E-state index contributed by atoms with van der Waals surface area (Å²) < 4.78 is 7.08. The van der Waals surface area contributed by atoms with E-state index in [1.165, 1.54) is 0 Å². The molecule has 112 valence electrons. The summed E-state index contributed by atoms with van der Waals surface area (Å²) in [6, 6.07) is 11.2. The van der Waals surface area contributed by atoms with E-state index in [-0.39, 0.29) is 5.91 Å². The smallest absolute Gasteiger partial charge is 0.274 e. The molecule has 0 radical (unpaired) electrons. The van der Waals surface area contributed by atoms with Gasteiger partial charge in [0.1, 0.15) is 17.1 Å². The molecule has 5 nitrogen and oxygen atoms in total. The molecule has 0 fully saturated rings. The highest BCUT2D eigenvalue weighted by Crippen LogP contribution is 2.24. The van der Waals surface area contributed by atoms with Gasteiger partial charge in [0.05, 0.1) is 18.5 Å². The monoisotopic (exact) mass is 295 g/mol. The number of methoxy groups -OCH3 is 1. The van der Waals surface area contributed by atoms with E-state index in [9.17, 15) is 4.79 Å². The van der Waals surface area contributed by atoms with Crippen molar-refractivity contribution in [3.63, 3.8) is 0 Å². The minimum absolute atomic E-state index is 0.208. The lowest BCUT2D eigenvalue weighted by Crippen LogP contribution is -2.16. The molecule has 1 N–H and O–H groups in total. The summed E-state index contributed by atoms with van der Waals surface area (Å²) in [6.45, 7) is 3.81. The van der Waals surface area contributed by atoms with Crippen LogP contribution in [0.4, 0.5) is 5.69 Å². The SMILES string of the molecule is COc1ccccc1NC(=O)c1c(C)nc2c(C)cccn12. The van der Waals surface area contributed by atoms with Crippen LogP contribution in [0.25, 0.3) is 5.65 Å². The number of nitrogens with zero attached hydrogens (tertiary/aromatic N) is 2. The average molecular weight is 295 g/mol. The first-order chi connectivity index (χ1) is 10.6. The first-order valence-corrected chi connectivity index (χ1v) is 7.00. The highest BCUT2D eigenvalue weighted by Gasteiger charge is 2.18. The fourth-order valence-corrected chi connectivity index (χ4v) is 2.52. The standard InChI is InChI=1S/C17H17N3O2/c1-11-7-6-10-20-15(12(2)18-16(11)20)17(21)19-13-8-4-5-9-14(13)22-3/h4-10H,1-3H3,(H,19,21). The van der Waals surface area contributed by atoms with Gasteiger partial charge in [-0.3, -0.25) is 9.20 Å². The zero-order valence-electron chi connectivity index (χ0n) is 12.8. The van der Waals surface area contributed by atoms with Crippen molar-refractivity contribution >= 4 is 17.2 Å². The number of hydrogen-bond donors (Lipinski definition) is 1. The van der Waals surface area contributed by atoms with Crippen molar-refractivity contribution < 1.29 is 9.53 Å². The van der Waals surface area contributed by atoms with Gasteiger partial charge in [-0.25, -0.2) is 4.98 Å². The zero-order valence-corrected chi connectivity index (χ0v) is 12.8.